The van der Waals surface area contributed by atoms with E-state index in [1.807, 2.05) is 36.4 Å². The van der Waals surface area contributed by atoms with Gasteiger partial charge in [0.2, 0.25) is 0 Å². The molecule has 1 atom stereocenters. The summed E-state index contributed by atoms with van der Waals surface area (Å²) >= 11 is 1.43. The number of primary amides is 1. The van der Waals surface area contributed by atoms with Gasteiger partial charge in [0, 0.05) is 23.0 Å². The van der Waals surface area contributed by atoms with Gasteiger partial charge in [0.1, 0.15) is 10.8 Å². The number of para-hydroxylation sites is 1. The molecule has 1 aliphatic carbocycles. The van der Waals surface area contributed by atoms with Crippen molar-refractivity contribution < 1.29 is 14.3 Å². The second-order valence-corrected chi connectivity index (χ2v) is 9.95. The van der Waals surface area contributed by atoms with E-state index in [9.17, 15) is 9.59 Å². The molecule has 0 aliphatic heterocycles. The molecule has 0 fully saturated rings. The Morgan fingerprint density at radius 2 is 1.94 bits per heavy atom. The highest BCUT2D eigenvalue weighted by Gasteiger charge is 2.27. The topological polar surface area (TPSA) is 106 Å². The Balaban J connectivity index is 1.29. The number of anilines is 2. The molecule has 0 radical (unpaired) electrons. The summed E-state index contributed by atoms with van der Waals surface area (Å²) in [5.74, 6) is -0.275. The first-order chi connectivity index (χ1) is 17.5. The molecule has 0 spiro atoms. The molecule has 8 heteroatoms. The van der Waals surface area contributed by atoms with Crippen LogP contribution in [0.4, 0.5) is 10.7 Å². The second kappa shape index (κ2) is 10.4. The Bertz CT molecular complexity index is 1420. The average molecular weight is 501 g/mol. The van der Waals surface area contributed by atoms with Crippen LogP contribution in [0.5, 0.6) is 5.75 Å². The molecule has 2 heterocycles. The van der Waals surface area contributed by atoms with E-state index in [2.05, 4.69) is 27.8 Å². The molecule has 36 heavy (non-hydrogen) atoms. The van der Waals surface area contributed by atoms with E-state index < -0.39 is 12.0 Å². The number of benzene rings is 2. The van der Waals surface area contributed by atoms with Gasteiger partial charge in [-0.3, -0.25) is 14.6 Å². The van der Waals surface area contributed by atoms with E-state index in [0.717, 1.165) is 59.3 Å². The van der Waals surface area contributed by atoms with Crippen molar-refractivity contribution in [2.45, 2.75) is 38.7 Å². The van der Waals surface area contributed by atoms with Gasteiger partial charge in [-0.05, 0) is 61.9 Å². The van der Waals surface area contributed by atoms with Crippen LogP contribution in [0.15, 0.2) is 60.8 Å². The molecule has 7 nitrogen and oxygen atoms in total. The fourth-order valence-corrected chi connectivity index (χ4v) is 5.89. The van der Waals surface area contributed by atoms with E-state index in [0.29, 0.717) is 16.3 Å². The number of aromatic nitrogens is 1. The first-order valence-electron chi connectivity index (χ1n) is 12.1. The number of nitrogens with two attached hydrogens (primary N) is 1. The van der Waals surface area contributed by atoms with Crippen molar-refractivity contribution in [1.29, 1.82) is 0 Å². The number of pyridine rings is 1. The Hall–Kier alpha value is -3.91. The van der Waals surface area contributed by atoms with Crippen molar-refractivity contribution in [2.75, 3.05) is 17.2 Å². The van der Waals surface area contributed by atoms with Crippen molar-refractivity contribution in [2.24, 2.45) is 5.73 Å². The Kier molecular flexibility index (Phi) is 6.86. The fraction of sp³-hybridized carbons (Fsp3) is 0.250. The van der Waals surface area contributed by atoms with E-state index in [1.165, 1.54) is 16.9 Å². The number of hydrogen-bond acceptors (Lipinski definition) is 6. The second-order valence-electron chi connectivity index (χ2n) is 8.85. The number of thiophene rings is 1. The maximum absolute atomic E-state index is 13.0. The van der Waals surface area contributed by atoms with Gasteiger partial charge in [-0.2, -0.15) is 0 Å². The largest absolute Gasteiger partial charge is 0.480 e. The number of nitrogens with one attached hydrogen (secondary N) is 2. The number of amides is 2. The maximum Gasteiger partial charge on any atom is 0.265 e. The number of rotatable bonds is 9. The number of carbonyl (C=O) groups excluding carboxylic acids is 2. The van der Waals surface area contributed by atoms with Crippen LogP contribution in [-0.4, -0.2) is 29.4 Å². The molecule has 4 N–H and O–H groups in total. The van der Waals surface area contributed by atoms with Crippen molar-refractivity contribution in [3.8, 4) is 5.75 Å². The van der Waals surface area contributed by atoms with Gasteiger partial charge in [0.25, 0.3) is 11.8 Å². The first kappa shape index (κ1) is 23.8. The molecule has 184 valence electrons. The van der Waals surface area contributed by atoms with Crippen LogP contribution >= 0.6 is 11.3 Å². The molecule has 4 aromatic rings. The average Bonchev–Trinajstić information content (AvgIpc) is 3.46. The number of carbonyl (C=O) groups is 2. The fourth-order valence-electron chi connectivity index (χ4n) is 4.59. The molecule has 2 aromatic heterocycles. The monoisotopic (exact) mass is 500 g/mol. The summed E-state index contributed by atoms with van der Waals surface area (Å²) in [4.78, 5) is 30.7. The molecule has 2 amide bonds. The zero-order chi connectivity index (χ0) is 25.1. The smallest absolute Gasteiger partial charge is 0.265 e. The highest BCUT2D eigenvalue weighted by Crippen LogP contribution is 2.39. The zero-order valence-electron chi connectivity index (χ0n) is 20.0. The quantitative estimate of drug-likeness (QED) is 0.302. The number of hydrogen-bond donors (Lipinski definition) is 3. The molecule has 2 aromatic carbocycles. The van der Waals surface area contributed by atoms with Gasteiger partial charge >= 0.3 is 0 Å². The van der Waals surface area contributed by atoms with Crippen LogP contribution in [0.1, 0.15) is 39.7 Å². The highest BCUT2D eigenvalue weighted by molar-refractivity contribution is 7.17. The lowest BCUT2D eigenvalue weighted by atomic mass is 10.1. The minimum atomic E-state index is -0.789. The van der Waals surface area contributed by atoms with Gasteiger partial charge in [-0.1, -0.05) is 36.4 Å². The molecule has 5 rings (SSSR count). The Labute approximate surface area is 213 Å². The summed E-state index contributed by atoms with van der Waals surface area (Å²) in [6.07, 6.45) is 4.52. The number of fused-ring (bicyclic) bond motifs is 2. The van der Waals surface area contributed by atoms with E-state index in [4.69, 9.17) is 10.5 Å². The summed E-state index contributed by atoms with van der Waals surface area (Å²) in [6, 6.07) is 17.9. The molecule has 0 bridgehead atoms. The lowest BCUT2D eigenvalue weighted by Crippen LogP contribution is -2.30. The first-order valence-corrected chi connectivity index (χ1v) is 12.9. The van der Waals surface area contributed by atoms with Crippen molar-refractivity contribution in [1.82, 2.24) is 4.98 Å². The Morgan fingerprint density at radius 3 is 2.75 bits per heavy atom. The van der Waals surface area contributed by atoms with Crippen molar-refractivity contribution in [3.63, 3.8) is 0 Å². The van der Waals surface area contributed by atoms with Gasteiger partial charge in [0.15, 0.2) is 6.10 Å². The summed E-state index contributed by atoms with van der Waals surface area (Å²) in [5, 5.41) is 7.66. The SMILES string of the molecule is CC(Oc1ccnc2c(NCCc3ccccc3)cccc12)C(=O)Nc1sc2c(c1C(N)=O)CCC2. The summed E-state index contributed by atoms with van der Waals surface area (Å²) in [7, 11) is 0. The predicted octanol–water partition coefficient (Wildman–Crippen LogP) is 4.94. The predicted molar refractivity (Wildman–Crippen MR) is 144 cm³/mol. The standard InChI is InChI=1S/C28H28N4O3S/c1-17(27(34)32-28-24(26(29)33)20-10-6-12-23(20)36-28)35-22-14-16-31-25-19(22)9-5-11-21(25)30-15-13-18-7-3-2-4-8-18/h2-5,7-9,11,14,16-17,30H,6,10,12-13,15H2,1H3,(H2,29,33)(H,32,34). The van der Waals surface area contributed by atoms with Crippen LogP contribution in [0.3, 0.4) is 0 Å². The molecule has 0 saturated carbocycles. The van der Waals surface area contributed by atoms with Gasteiger partial charge < -0.3 is 21.1 Å². The minimum absolute atomic E-state index is 0.334. The third-order valence-corrected chi connectivity index (χ3v) is 7.59. The normalized spacial score (nSPS) is 13.2. The van der Waals surface area contributed by atoms with Crippen LogP contribution < -0.4 is 21.1 Å². The van der Waals surface area contributed by atoms with E-state index >= 15 is 0 Å². The molecular formula is C28H28N4O3S. The summed E-state index contributed by atoms with van der Waals surface area (Å²) in [6.45, 7) is 2.45. The Morgan fingerprint density at radius 1 is 1.11 bits per heavy atom. The number of nitrogens with zero attached hydrogens (tertiary/aromatic N) is 1. The van der Waals surface area contributed by atoms with E-state index in [1.54, 1.807) is 19.2 Å². The van der Waals surface area contributed by atoms with Gasteiger partial charge in [-0.25, -0.2) is 0 Å². The third kappa shape index (κ3) is 4.90. The number of aryl methyl sites for hydroxylation is 1. The van der Waals surface area contributed by atoms with Crippen LogP contribution in [0, 0.1) is 0 Å². The number of ether oxygens (including phenoxy) is 1. The van der Waals surface area contributed by atoms with Crippen LogP contribution in [0.2, 0.25) is 0 Å². The van der Waals surface area contributed by atoms with Crippen molar-refractivity contribution >= 4 is 44.7 Å². The van der Waals surface area contributed by atoms with Crippen molar-refractivity contribution in [3.05, 3.63) is 82.4 Å². The summed E-state index contributed by atoms with van der Waals surface area (Å²) < 4.78 is 6.08. The molecule has 1 aliphatic rings. The van der Waals surface area contributed by atoms with Crippen LogP contribution in [0.25, 0.3) is 10.9 Å². The third-order valence-electron chi connectivity index (χ3n) is 6.38. The molecule has 1 unspecified atom stereocenters. The highest BCUT2D eigenvalue weighted by atomic mass is 32.1. The molecule has 0 saturated heterocycles. The van der Waals surface area contributed by atoms with Gasteiger partial charge in [0.05, 0.1) is 16.8 Å². The summed E-state index contributed by atoms with van der Waals surface area (Å²) in [5.41, 5.74) is 9.99. The zero-order valence-corrected chi connectivity index (χ0v) is 20.9. The van der Waals surface area contributed by atoms with E-state index in [-0.39, 0.29) is 5.91 Å². The van der Waals surface area contributed by atoms with Crippen LogP contribution in [-0.2, 0) is 24.1 Å². The molecular weight excluding hydrogens is 472 g/mol. The van der Waals surface area contributed by atoms with Gasteiger partial charge in [-0.15, -0.1) is 11.3 Å². The maximum atomic E-state index is 13.0. The minimum Gasteiger partial charge on any atom is -0.480 e. The lowest BCUT2D eigenvalue weighted by Gasteiger charge is -2.17. The lowest BCUT2D eigenvalue weighted by molar-refractivity contribution is -0.121.